The van der Waals surface area contributed by atoms with E-state index in [4.69, 9.17) is 14.2 Å². The van der Waals surface area contributed by atoms with Gasteiger partial charge in [0, 0.05) is 0 Å². The van der Waals surface area contributed by atoms with Crippen molar-refractivity contribution in [2.24, 2.45) is 0 Å². The molecule has 0 spiro atoms. The first kappa shape index (κ1) is 8.44. The average molecular weight is 174 g/mol. The van der Waals surface area contributed by atoms with E-state index in [2.05, 4.69) is 0 Å². The Kier molecular flexibility index (Phi) is 1.70. The van der Waals surface area contributed by atoms with E-state index in [0.717, 1.165) is 0 Å². The van der Waals surface area contributed by atoms with Gasteiger partial charge in [-0.25, -0.2) is 0 Å². The number of aliphatic hydroxyl groups is 1. The quantitative estimate of drug-likeness (QED) is 0.635. The molecule has 2 aliphatic rings. The molecule has 2 heterocycles. The van der Waals surface area contributed by atoms with Gasteiger partial charge in [-0.15, -0.1) is 0 Å². The predicted octanol–water partition coefficient (Wildman–Crippen LogP) is -0.101. The van der Waals surface area contributed by atoms with E-state index in [1.54, 1.807) is 6.92 Å². The van der Waals surface area contributed by atoms with Gasteiger partial charge in [-0.2, -0.15) is 0 Å². The zero-order chi connectivity index (χ0) is 8.82. The monoisotopic (exact) mass is 174 g/mol. The van der Waals surface area contributed by atoms with Crippen LogP contribution >= 0.6 is 0 Å². The molecule has 4 nitrogen and oxygen atoms in total. The van der Waals surface area contributed by atoms with Gasteiger partial charge in [-0.3, -0.25) is 0 Å². The summed E-state index contributed by atoms with van der Waals surface area (Å²) in [6.45, 7) is 5.19. The molecule has 0 aromatic rings. The average Bonchev–Trinajstić information content (AvgIpc) is 1.95. The van der Waals surface area contributed by atoms with Crippen molar-refractivity contribution in [1.29, 1.82) is 0 Å². The molecule has 2 unspecified atom stereocenters. The van der Waals surface area contributed by atoms with Crippen LogP contribution in [0.2, 0.25) is 0 Å². The van der Waals surface area contributed by atoms with Crippen molar-refractivity contribution in [3.63, 3.8) is 0 Å². The van der Waals surface area contributed by atoms with Gasteiger partial charge in [-0.05, 0) is 13.8 Å². The molecule has 2 aliphatic heterocycles. The maximum Gasteiger partial charge on any atom is 0.189 e. The summed E-state index contributed by atoms with van der Waals surface area (Å²) >= 11 is 0. The van der Waals surface area contributed by atoms with Crippen molar-refractivity contribution in [2.75, 3.05) is 19.8 Å². The first-order valence-electron chi connectivity index (χ1n) is 4.11. The normalized spacial score (nSPS) is 44.8. The van der Waals surface area contributed by atoms with Crippen LogP contribution in [0.15, 0.2) is 0 Å². The van der Waals surface area contributed by atoms with Gasteiger partial charge in [0.15, 0.2) is 6.29 Å². The van der Waals surface area contributed by atoms with Gasteiger partial charge in [0.05, 0.1) is 19.8 Å². The van der Waals surface area contributed by atoms with E-state index in [1.165, 1.54) is 0 Å². The Hall–Kier alpha value is -0.160. The van der Waals surface area contributed by atoms with Crippen molar-refractivity contribution in [3.8, 4) is 0 Å². The second-order valence-corrected chi connectivity index (χ2v) is 4.06. The molecule has 2 atom stereocenters. The Balaban J connectivity index is 1.87. The van der Waals surface area contributed by atoms with Crippen LogP contribution in [0, 0.1) is 0 Å². The maximum atomic E-state index is 9.57. The van der Waals surface area contributed by atoms with Crippen LogP contribution in [0.1, 0.15) is 13.8 Å². The highest BCUT2D eigenvalue weighted by Gasteiger charge is 2.49. The number of hydrogen-bond donors (Lipinski definition) is 1. The Bertz CT molecular complexity index is 185. The summed E-state index contributed by atoms with van der Waals surface area (Å²) in [6, 6.07) is 0. The largest absolute Gasteiger partial charge is 0.382 e. The molecule has 2 fully saturated rings. The molecule has 0 radical (unpaired) electrons. The summed E-state index contributed by atoms with van der Waals surface area (Å²) in [6.07, 6.45) is -0.480. The molecule has 1 N–H and O–H groups in total. The van der Waals surface area contributed by atoms with Crippen LogP contribution in [0.4, 0.5) is 0 Å². The molecule has 0 aromatic heterocycles. The van der Waals surface area contributed by atoms with Gasteiger partial charge in [0.25, 0.3) is 0 Å². The van der Waals surface area contributed by atoms with Gasteiger partial charge >= 0.3 is 0 Å². The molecule has 70 valence electrons. The summed E-state index contributed by atoms with van der Waals surface area (Å²) in [5.41, 5.74) is -1.08. The molecular weight excluding hydrogens is 160 g/mol. The molecule has 0 aromatic carbocycles. The lowest BCUT2D eigenvalue weighted by Gasteiger charge is -2.48. The standard InChI is InChI=1S/C8H14O4/c1-7(3-10-4-7)12-6-8(2,9)5-11-6/h6,9H,3-5H2,1-2H3. The lowest BCUT2D eigenvalue weighted by atomic mass is 10.0. The van der Waals surface area contributed by atoms with Crippen LogP contribution in [0.25, 0.3) is 0 Å². The Morgan fingerprint density at radius 2 is 2.00 bits per heavy atom. The molecule has 0 amide bonds. The fourth-order valence-corrected chi connectivity index (χ4v) is 1.27. The number of ether oxygens (including phenoxy) is 3. The summed E-state index contributed by atoms with van der Waals surface area (Å²) in [4.78, 5) is 0. The number of hydrogen-bond acceptors (Lipinski definition) is 4. The first-order valence-corrected chi connectivity index (χ1v) is 4.11. The molecule has 0 saturated carbocycles. The highest BCUT2D eigenvalue weighted by atomic mass is 16.7. The van der Waals surface area contributed by atoms with Crippen molar-refractivity contribution < 1.29 is 19.3 Å². The third-order valence-corrected chi connectivity index (χ3v) is 2.24. The minimum Gasteiger partial charge on any atom is -0.382 e. The maximum absolute atomic E-state index is 9.57. The fourth-order valence-electron chi connectivity index (χ4n) is 1.27. The second kappa shape index (κ2) is 2.42. The number of rotatable bonds is 2. The van der Waals surface area contributed by atoms with Crippen molar-refractivity contribution in [3.05, 3.63) is 0 Å². The molecule has 0 bridgehead atoms. The highest BCUT2D eigenvalue weighted by molar-refractivity contribution is 4.90. The first-order chi connectivity index (χ1) is 5.52. The minimum atomic E-state index is -0.821. The highest BCUT2D eigenvalue weighted by Crippen LogP contribution is 2.32. The van der Waals surface area contributed by atoms with E-state index in [9.17, 15) is 5.11 Å². The van der Waals surface area contributed by atoms with E-state index in [-0.39, 0.29) is 5.60 Å². The van der Waals surface area contributed by atoms with E-state index in [1.807, 2.05) is 6.92 Å². The molecule has 12 heavy (non-hydrogen) atoms. The molecular formula is C8H14O4. The van der Waals surface area contributed by atoms with E-state index >= 15 is 0 Å². The van der Waals surface area contributed by atoms with E-state index < -0.39 is 11.9 Å². The second-order valence-electron chi connectivity index (χ2n) is 4.06. The van der Waals surface area contributed by atoms with Gasteiger partial charge in [0.2, 0.25) is 0 Å². The molecule has 4 heteroatoms. The van der Waals surface area contributed by atoms with E-state index in [0.29, 0.717) is 19.8 Å². The van der Waals surface area contributed by atoms with Crippen molar-refractivity contribution >= 4 is 0 Å². The third kappa shape index (κ3) is 1.25. The Morgan fingerprint density at radius 1 is 1.33 bits per heavy atom. The molecule has 2 saturated heterocycles. The summed E-state index contributed by atoms with van der Waals surface area (Å²) < 4.78 is 15.6. The SMILES string of the molecule is CC1(OC2OCC2(C)O)COC1. The van der Waals surface area contributed by atoms with Crippen LogP contribution in [0.3, 0.4) is 0 Å². The lowest BCUT2D eigenvalue weighted by molar-refractivity contribution is -0.380. The van der Waals surface area contributed by atoms with Gasteiger partial charge in [-0.1, -0.05) is 0 Å². The van der Waals surface area contributed by atoms with Gasteiger partial charge < -0.3 is 19.3 Å². The van der Waals surface area contributed by atoms with Crippen LogP contribution in [-0.2, 0) is 14.2 Å². The zero-order valence-electron chi connectivity index (χ0n) is 7.37. The summed E-state index contributed by atoms with van der Waals surface area (Å²) in [5.74, 6) is 0. The zero-order valence-corrected chi connectivity index (χ0v) is 7.37. The smallest absolute Gasteiger partial charge is 0.189 e. The van der Waals surface area contributed by atoms with Crippen LogP contribution < -0.4 is 0 Å². The van der Waals surface area contributed by atoms with Crippen LogP contribution in [0.5, 0.6) is 0 Å². The minimum absolute atomic E-state index is 0.255. The Morgan fingerprint density at radius 3 is 2.25 bits per heavy atom. The summed E-state index contributed by atoms with van der Waals surface area (Å²) in [7, 11) is 0. The van der Waals surface area contributed by atoms with Gasteiger partial charge in [0.1, 0.15) is 11.2 Å². The van der Waals surface area contributed by atoms with Crippen molar-refractivity contribution in [1.82, 2.24) is 0 Å². The molecule has 2 rings (SSSR count). The molecule has 0 aliphatic carbocycles. The third-order valence-electron chi connectivity index (χ3n) is 2.24. The van der Waals surface area contributed by atoms with Crippen LogP contribution in [-0.4, -0.2) is 42.4 Å². The topological polar surface area (TPSA) is 47.9 Å². The predicted molar refractivity (Wildman–Crippen MR) is 40.7 cm³/mol. The lowest BCUT2D eigenvalue weighted by Crippen LogP contribution is -2.63. The summed E-state index contributed by atoms with van der Waals surface area (Å²) in [5, 5.41) is 9.57. The Labute approximate surface area is 71.4 Å². The van der Waals surface area contributed by atoms with Crippen molar-refractivity contribution in [2.45, 2.75) is 31.3 Å². The fraction of sp³-hybridized carbons (Fsp3) is 1.00.